The highest BCUT2D eigenvalue weighted by molar-refractivity contribution is 8.00. The number of hydrogen-bond donors (Lipinski definition) is 4. The fraction of sp³-hybridized carbons (Fsp3) is 0.517. The molecule has 1 saturated heterocycles. The molecular formula is C87H119ClN6O19S. The van der Waals surface area contributed by atoms with Crippen LogP contribution in [-0.2, 0) is 98.9 Å². The molecule has 3 amide bonds. The van der Waals surface area contributed by atoms with Crippen LogP contribution < -0.4 is 39.0 Å². The lowest BCUT2D eigenvalue weighted by Gasteiger charge is -2.18. The van der Waals surface area contributed by atoms with E-state index < -0.39 is 41.9 Å². The number of fused-ring (bicyclic) bond motifs is 3. The molecule has 624 valence electrons. The van der Waals surface area contributed by atoms with Gasteiger partial charge in [0.05, 0.1) is 59.4 Å². The Morgan fingerprint density at radius 3 is 1.40 bits per heavy atom. The van der Waals surface area contributed by atoms with Crippen LogP contribution in [0.5, 0.6) is 0 Å². The molecule has 2 aliphatic rings. The van der Waals surface area contributed by atoms with Gasteiger partial charge in [0.2, 0.25) is 11.8 Å². The first-order chi connectivity index (χ1) is 54.7. The number of pyridine rings is 1. The number of benzene rings is 4. The summed E-state index contributed by atoms with van der Waals surface area (Å²) in [5.41, 5.74) is 11.6. The van der Waals surface area contributed by atoms with Gasteiger partial charge in [-0.25, -0.2) is 9.59 Å². The number of Topliss-reactive ketones (excluding diaryl/α,β-unsaturated/α-hetero) is 2. The summed E-state index contributed by atoms with van der Waals surface area (Å²) in [6, 6.07) is 38.8. The molecular weight excluding hydrogens is 1500 g/mol. The second kappa shape index (κ2) is 61.4. The topological polar surface area (TPSA) is 326 Å². The third kappa shape index (κ3) is 45.7. The number of ether oxygens (including phenoxy) is 10. The van der Waals surface area contributed by atoms with Gasteiger partial charge >= 0.3 is 30.0 Å². The molecule has 1 fully saturated rings. The average Bonchev–Trinajstić information content (AvgIpc) is 1.62. The first kappa shape index (κ1) is 99.1. The smallest absolute Gasteiger partial charge is 0.415 e. The minimum absolute atomic E-state index is 0. The maximum absolute atomic E-state index is 13.1. The number of thioether (sulfide) groups is 1. The number of unbranched alkanes of at least 4 members (excludes halogenated alkanes) is 7. The van der Waals surface area contributed by atoms with Gasteiger partial charge in [-0.2, -0.15) is 11.8 Å². The highest BCUT2D eigenvalue weighted by Crippen LogP contribution is 2.44. The number of esters is 4. The monoisotopic (exact) mass is 1620 g/mol. The van der Waals surface area contributed by atoms with Crippen molar-refractivity contribution in [2.45, 2.75) is 153 Å². The Hall–Kier alpha value is -9.06. The van der Waals surface area contributed by atoms with E-state index in [4.69, 9.17) is 55.5 Å². The molecule has 27 heteroatoms. The van der Waals surface area contributed by atoms with E-state index >= 15 is 0 Å². The zero-order chi connectivity index (χ0) is 82.0. The number of nitrogens with one attached hydrogen (secondary N) is 3. The number of quaternary nitrogens is 1. The summed E-state index contributed by atoms with van der Waals surface area (Å²) in [5.74, 6) is 1.63. The van der Waals surface area contributed by atoms with E-state index in [2.05, 4.69) is 88.3 Å². The molecule has 7 rings (SSSR count). The normalized spacial score (nSPS) is 12.9. The number of hydrogen-bond acceptors (Lipinski definition) is 22. The zero-order valence-corrected chi connectivity index (χ0v) is 68.6. The van der Waals surface area contributed by atoms with Crippen LogP contribution in [0, 0.1) is 36.5 Å². The van der Waals surface area contributed by atoms with Gasteiger partial charge in [-0.1, -0.05) is 167 Å². The Morgan fingerprint density at radius 2 is 0.974 bits per heavy atom. The SMILES string of the molecule is C#CCOCCOCCOCC(=O)C[C@@H](CCC(=O)OCc1ccccc1)C(=O)NCCCCCCCC(=O)OCC1c2ccccc2-c2ccccc21.C#CCOCCOCCOCC(=O)C[C@@H](CCC(=O)OCc1ccccc1)C(=O)NCCCCCC[NH3+].CC(C)(C)SC[C@@H]1NC(=O)OC1=O.CN(C)c1ccncc1.[Cl-]. The van der Waals surface area contributed by atoms with E-state index in [0.29, 0.717) is 71.5 Å². The van der Waals surface area contributed by atoms with Gasteiger partial charge in [0.25, 0.3) is 0 Å². The molecule has 0 bridgehead atoms. The molecule has 25 nitrogen and oxygen atoms in total. The van der Waals surface area contributed by atoms with Crippen molar-refractivity contribution in [3.8, 4) is 35.8 Å². The molecule has 0 unspecified atom stereocenters. The van der Waals surface area contributed by atoms with Crippen LogP contribution in [0.15, 0.2) is 134 Å². The maximum atomic E-state index is 13.1. The van der Waals surface area contributed by atoms with Crippen LogP contribution in [0.1, 0.15) is 152 Å². The quantitative estimate of drug-likeness (QED) is 0.00958. The molecule has 114 heavy (non-hydrogen) atoms. The van der Waals surface area contributed by atoms with E-state index in [1.54, 1.807) is 24.2 Å². The van der Waals surface area contributed by atoms with E-state index in [1.165, 1.54) is 27.9 Å². The van der Waals surface area contributed by atoms with Gasteiger partial charge < -0.3 is 86.4 Å². The second-order valence-corrected chi connectivity index (χ2v) is 29.6. The molecule has 1 aromatic heterocycles. The Kier molecular flexibility index (Phi) is 53.4. The van der Waals surface area contributed by atoms with E-state index in [9.17, 15) is 43.2 Å². The molecule has 2 heterocycles. The van der Waals surface area contributed by atoms with Crippen LogP contribution in [0.4, 0.5) is 10.5 Å². The molecule has 1 aliphatic heterocycles. The summed E-state index contributed by atoms with van der Waals surface area (Å²) in [6.45, 7) is 11.5. The molecule has 0 saturated carbocycles. The predicted molar refractivity (Wildman–Crippen MR) is 434 cm³/mol. The molecule has 3 atom stereocenters. The largest absolute Gasteiger partial charge is 1.00 e. The van der Waals surface area contributed by atoms with E-state index in [-0.39, 0.29) is 144 Å². The van der Waals surface area contributed by atoms with Gasteiger partial charge in [0.15, 0.2) is 11.6 Å². The van der Waals surface area contributed by atoms with Crippen molar-refractivity contribution in [3.05, 3.63) is 156 Å². The minimum atomic E-state index is -0.688. The second-order valence-electron chi connectivity index (χ2n) is 27.8. The van der Waals surface area contributed by atoms with Gasteiger partial charge in [-0.15, -0.1) is 12.8 Å². The number of terminal acetylenes is 2. The first-order valence-electron chi connectivity index (χ1n) is 38.9. The Balaban J connectivity index is 0.000000477. The minimum Gasteiger partial charge on any atom is -1.00 e. The summed E-state index contributed by atoms with van der Waals surface area (Å²) < 4.78 is 52.6. The van der Waals surface area contributed by atoms with Crippen molar-refractivity contribution >= 4 is 70.8 Å². The fourth-order valence-corrected chi connectivity index (χ4v) is 12.2. The standard InChI is InChI=1S/C44H53NO9.C28H42N2O7.C8H13NO3S.C7H10N2.ClH/c1-2-25-50-26-27-51-28-29-52-32-36(46)30-35(22-23-43(48)53-31-34-15-7-6-8-16-34)44(49)45-24-14-5-3-4-9-21-42(47)54-33-41-39-19-12-10-17-37(39)38-18-11-13-20-40(38)41;1-2-16-34-17-18-35-19-20-36-23-26(31)21-25(28(33)30-15-9-4-3-8-14-29)12-13-27(32)37-22-24-10-6-5-7-11-24;1-8(2,3)13-4-5-6(10)12-7(11)9-5;1-9(2)7-3-5-8-6-4-7;/h1,6-8,10-13,15-20,35,41H,3-5,9,14,21-33H2,(H,45,49);1,5-7,10-11,25H,3-4,8-9,12-23,29H2,(H,30,33);5H,4H2,1-3H3,(H,9,11);3-6H,1-2H3;1H/t35-;25-;5-;;/m110../s1. The molecule has 5 aromatic rings. The fourth-order valence-electron chi connectivity index (χ4n) is 11.3. The number of halogens is 1. The first-order valence-corrected chi connectivity index (χ1v) is 39.9. The lowest BCUT2D eigenvalue weighted by molar-refractivity contribution is -0.368. The Bertz CT molecular complexity index is 3610. The average molecular weight is 1620 g/mol. The number of ketones is 2. The third-order valence-electron chi connectivity index (χ3n) is 17.3. The number of alkyl carbamates (subject to hydrolysis) is 1. The van der Waals surface area contributed by atoms with Crippen molar-refractivity contribution in [1.82, 2.24) is 20.9 Å². The molecule has 4 aromatic carbocycles. The number of carbonyl (C=O) groups is 9. The van der Waals surface area contributed by atoms with E-state index in [1.807, 2.05) is 116 Å². The number of aromatic nitrogens is 1. The van der Waals surface area contributed by atoms with Crippen LogP contribution in [0.2, 0.25) is 0 Å². The van der Waals surface area contributed by atoms with Crippen LogP contribution >= 0.6 is 11.8 Å². The van der Waals surface area contributed by atoms with Crippen molar-refractivity contribution in [1.29, 1.82) is 0 Å². The lowest BCUT2D eigenvalue weighted by atomic mass is 9.96. The molecule has 0 radical (unpaired) electrons. The van der Waals surface area contributed by atoms with Gasteiger partial charge in [0.1, 0.15) is 52.3 Å². The van der Waals surface area contributed by atoms with Crippen molar-refractivity contribution in [2.24, 2.45) is 11.8 Å². The maximum Gasteiger partial charge on any atom is 0.415 e. The number of anilines is 1. The van der Waals surface area contributed by atoms with Crippen molar-refractivity contribution in [2.75, 3.05) is 130 Å². The number of rotatable bonds is 53. The van der Waals surface area contributed by atoms with Crippen LogP contribution in [0.3, 0.4) is 0 Å². The Morgan fingerprint density at radius 1 is 0.553 bits per heavy atom. The van der Waals surface area contributed by atoms with Crippen LogP contribution in [-0.4, -0.2) is 194 Å². The van der Waals surface area contributed by atoms with Gasteiger partial charge in [-0.3, -0.25) is 38.5 Å². The number of amides is 3. The number of nitrogens with zero attached hydrogens (tertiary/aromatic N) is 2. The van der Waals surface area contributed by atoms with Crippen molar-refractivity contribution in [3.63, 3.8) is 0 Å². The number of carbonyl (C=O) groups excluding carboxylic acids is 9. The van der Waals surface area contributed by atoms with E-state index in [0.717, 1.165) is 75.5 Å². The molecule has 6 N–H and O–H groups in total. The summed E-state index contributed by atoms with van der Waals surface area (Å²) in [6.07, 6.45) is 22.2. The number of cyclic esters (lactones) is 2. The zero-order valence-electron chi connectivity index (χ0n) is 67.1. The van der Waals surface area contributed by atoms with Gasteiger partial charge in [-0.05, 0) is 90.5 Å². The van der Waals surface area contributed by atoms with Crippen LogP contribution in [0.25, 0.3) is 11.1 Å². The lowest BCUT2D eigenvalue weighted by Crippen LogP contribution is -3.00. The third-order valence-corrected chi connectivity index (χ3v) is 18.7. The predicted octanol–water partition coefficient (Wildman–Crippen LogP) is 7.57. The highest BCUT2D eigenvalue weighted by Gasteiger charge is 2.34. The summed E-state index contributed by atoms with van der Waals surface area (Å²) in [4.78, 5) is 116. The Labute approximate surface area is 684 Å². The van der Waals surface area contributed by atoms with Gasteiger partial charge in [0, 0.05) is 106 Å². The summed E-state index contributed by atoms with van der Waals surface area (Å²) >= 11 is 1.62. The van der Waals surface area contributed by atoms with Crippen molar-refractivity contribution < 1.29 is 109 Å². The highest BCUT2D eigenvalue weighted by atomic mass is 35.5. The molecule has 0 spiro atoms. The molecule has 1 aliphatic carbocycles. The summed E-state index contributed by atoms with van der Waals surface area (Å²) in [7, 11) is 4.02. The summed E-state index contributed by atoms with van der Waals surface area (Å²) in [5, 5.41) is 8.29.